The number of carbonyl (C=O) groups is 2. The first-order chi connectivity index (χ1) is 16.4. The summed E-state index contributed by atoms with van der Waals surface area (Å²) in [5, 5.41) is 32.6. The maximum absolute atomic E-state index is 12.3. The molecule has 0 radical (unpaired) electrons. The monoisotopic (exact) mass is 485 g/mol. The lowest BCUT2D eigenvalue weighted by atomic mass is 10.1. The van der Waals surface area contributed by atoms with Crippen LogP contribution < -0.4 is 16.1 Å². The molecule has 0 unspecified atom stereocenters. The Morgan fingerprint density at radius 3 is 2.50 bits per heavy atom. The molecule has 180 valence electrons. The molecule has 1 heterocycles. The summed E-state index contributed by atoms with van der Waals surface area (Å²) in [5.74, 6) is 10.00. The molecule has 34 heavy (non-hydrogen) atoms. The molecule has 10 heteroatoms. The van der Waals surface area contributed by atoms with Gasteiger partial charge in [-0.3, -0.25) is 14.8 Å². The Kier molecular flexibility index (Phi) is 11.8. The van der Waals surface area contributed by atoms with E-state index >= 15 is 0 Å². The molecule has 2 rings (SSSR count). The fourth-order valence-corrected chi connectivity index (χ4v) is 3.49. The van der Waals surface area contributed by atoms with Gasteiger partial charge in [-0.25, -0.2) is 5.48 Å². The molecule has 0 saturated carbocycles. The summed E-state index contributed by atoms with van der Waals surface area (Å²) >= 11 is 1.57. The fourth-order valence-electron chi connectivity index (χ4n) is 2.66. The average molecular weight is 486 g/mol. The van der Waals surface area contributed by atoms with Gasteiger partial charge in [-0.15, -0.1) is 11.3 Å². The second-order valence-corrected chi connectivity index (χ2v) is 8.19. The van der Waals surface area contributed by atoms with Gasteiger partial charge in [0.05, 0.1) is 30.8 Å². The molecule has 6 N–H and O–H groups in total. The Labute approximate surface area is 202 Å². The highest BCUT2D eigenvalue weighted by Gasteiger charge is 2.25. The number of benzene rings is 1. The van der Waals surface area contributed by atoms with E-state index in [-0.39, 0.29) is 12.2 Å². The van der Waals surface area contributed by atoms with Crippen molar-refractivity contribution in [3.63, 3.8) is 0 Å². The quantitative estimate of drug-likeness (QED) is 0.116. The van der Waals surface area contributed by atoms with Gasteiger partial charge in [0.25, 0.3) is 11.8 Å². The molecule has 0 fully saturated rings. The van der Waals surface area contributed by atoms with Crippen molar-refractivity contribution < 1.29 is 29.7 Å². The predicted octanol–water partition coefficient (Wildman–Crippen LogP) is 0.234. The van der Waals surface area contributed by atoms with E-state index in [0.717, 1.165) is 9.75 Å². The lowest BCUT2D eigenvalue weighted by Gasteiger charge is -2.19. The summed E-state index contributed by atoms with van der Waals surface area (Å²) in [6, 6.07) is 9.01. The molecule has 2 aromatic rings. The van der Waals surface area contributed by atoms with E-state index in [1.165, 1.54) is 24.5 Å². The van der Waals surface area contributed by atoms with Gasteiger partial charge in [0, 0.05) is 29.1 Å². The summed E-state index contributed by atoms with van der Waals surface area (Å²) in [5.41, 5.74) is 2.34. The second-order valence-electron chi connectivity index (χ2n) is 7.02. The third-order valence-corrected chi connectivity index (χ3v) is 5.38. The number of hydrogen-bond acceptors (Lipinski definition) is 8. The van der Waals surface area contributed by atoms with Crippen LogP contribution in [0.3, 0.4) is 0 Å². The Hall–Kier alpha value is -3.22. The Balaban J connectivity index is 1.86. The highest BCUT2D eigenvalue weighted by molar-refractivity contribution is 7.12. The number of ether oxygens (including phenoxy) is 1. The van der Waals surface area contributed by atoms with Crippen LogP contribution in [0.25, 0.3) is 0 Å². The number of amides is 2. The zero-order chi connectivity index (χ0) is 24.8. The Bertz CT molecular complexity index is 1060. The smallest absolute Gasteiger partial charge is 0.268 e. The van der Waals surface area contributed by atoms with Crippen LogP contribution in [0.4, 0.5) is 0 Å². The summed E-state index contributed by atoms with van der Waals surface area (Å²) < 4.78 is 5.18. The van der Waals surface area contributed by atoms with Gasteiger partial charge >= 0.3 is 0 Å². The van der Waals surface area contributed by atoms with Crippen molar-refractivity contribution >= 4 is 23.2 Å². The lowest BCUT2D eigenvalue weighted by Crippen LogP contribution is -2.51. The van der Waals surface area contributed by atoms with Crippen LogP contribution in [-0.4, -0.2) is 65.7 Å². The van der Waals surface area contributed by atoms with E-state index in [9.17, 15) is 14.7 Å². The number of nitrogens with one attached hydrogen (secondary N) is 3. The molecule has 0 aliphatic rings. The van der Waals surface area contributed by atoms with Gasteiger partial charge in [-0.05, 0) is 61.1 Å². The number of carbonyl (C=O) groups excluding carboxylic acids is 2. The minimum atomic E-state index is -1.29. The largest absolute Gasteiger partial charge is 0.394 e. The topological polar surface area (TPSA) is 140 Å². The van der Waals surface area contributed by atoms with Crippen LogP contribution in [0.15, 0.2) is 36.4 Å². The van der Waals surface area contributed by atoms with Crippen LogP contribution in [0, 0.1) is 23.7 Å². The van der Waals surface area contributed by atoms with Gasteiger partial charge in [0.15, 0.2) is 0 Å². The van der Waals surface area contributed by atoms with Crippen molar-refractivity contribution in [1.29, 1.82) is 0 Å². The minimum absolute atomic E-state index is 0.0247. The first kappa shape index (κ1) is 27.0. The van der Waals surface area contributed by atoms with E-state index in [1.807, 2.05) is 12.1 Å². The summed E-state index contributed by atoms with van der Waals surface area (Å²) in [4.78, 5) is 25.8. The molecule has 2 atom stereocenters. The van der Waals surface area contributed by atoms with Crippen LogP contribution in [0.1, 0.15) is 32.6 Å². The number of aliphatic hydroxyl groups excluding tert-OH is 2. The van der Waals surface area contributed by atoms with Crippen molar-refractivity contribution in [1.82, 2.24) is 16.1 Å². The fraction of sp³-hybridized carbons (Fsp3) is 0.333. The van der Waals surface area contributed by atoms with Crippen LogP contribution in [0.5, 0.6) is 0 Å². The number of hydrogen-bond donors (Lipinski definition) is 6. The standard InChI is InChI=1S/C24H27N3O6S/c1-17(29)22(24(31)27-32)26-23(30)19-8-6-18(7-9-19)4-2-3-5-20-10-11-21(34-20)16-25-12-14-33-15-13-28/h6-11,17,22,25,28-29,32H,12-16H2,1H3,(H,26,30)(H,27,31)/t17-,22-/m0/s1. The Morgan fingerprint density at radius 1 is 1.09 bits per heavy atom. The normalized spacial score (nSPS) is 11.9. The molecule has 0 aliphatic heterocycles. The van der Waals surface area contributed by atoms with Gasteiger partial charge in [-0.1, -0.05) is 5.92 Å². The number of thiophene rings is 1. The zero-order valence-corrected chi connectivity index (χ0v) is 19.4. The van der Waals surface area contributed by atoms with Crippen molar-refractivity contribution in [2.75, 3.05) is 26.4 Å². The highest BCUT2D eigenvalue weighted by Crippen LogP contribution is 2.14. The van der Waals surface area contributed by atoms with Crippen molar-refractivity contribution in [2.45, 2.75) is 25.6 Å². The zero-order valence-electron chi connectivity index (χ0n) is 18.6. The van der Waals surface area contributed by atoms with Crippen molar-refractivity contribution in [2.24, 2.45) is 0 Å². The SMILES string of the molecule is C[C@H](O)[C@H](NC(=O)c1ccc(C#CC#Cc2ccc(CNCCOCCO)s2)cc1)C(=O)NO. The first-order valence-electron chi connectivity index (χ1n) is 10.5. The lowest BCUT2D eigenvalue weighted by molar-refractivity contribution is -0.133. The number of hydroxylamine groups is 1. The van der Waals surface area contributed by atoms with Crippen LogP contribution in [-0.2, 0) is 16.1 Å². The molecular formula is C24H27N3O6S. The maximum atomic E-state index is 12.3. The summed E-state index contributed by atoms with van der Waals surface area (Å²) in [7, 11) is 0. The van der Waals surface area contributed by atoms with Gasteiger partial charge in [0.1, 0.15) is 6.04 Å². The van der Waals surface area contributed by atoms with Crippen molar-refractivity contribution in [3.8, 4) is 23.7 Å². The van der Waals surface area contributed by atoms with Crippen LogP contribution >= 0.6 is 11.3 Å². The molecule has 9 nitrogen and oxygen atoms in total. The van der Waals surface area contributed by atoms with E-state index in [2.05, 4.69) is 34.3 Å². The van der Waals surface area contributed by atoms with Gasteiger partial charge in [0.2, 0.25) is 0 Å². The molecule has 1 aromatic carbocycles. The minimum Gasteiger partial charge on any atom is -0.394 e. The number of rotatable bonds is 11. The van der Waals surface area contributed by atoms with Gasteiger partial charge < -0.3 is 25.6 Å². The average Bonchev–Trinajstić information content (AvgIpc) is 3.29. The molecule has 0 spiro atoms. The molecule has 0 saturated heterocycles. The molecule has 2 amide bonds. The summed E-state index contributed by atoms with van der Waals surface area (Å²) in [6.45, 7) is 3.65. The Morgan fingerprint density at radius 2 is 1.82 bits per heavy atom. The van der Waals surface area contributed by atoms with Gasteiger partial charge in [-0.2, -0.15) is 0 Å². The number of aliphatic hydroxyl groups is 2. The second kappa shape index (κ2) is 14.8. The van der Waals surface area contributed by atoms with E-state index < -0.39 is 24.0 Å². The molecule has 1 aromatic heterocycles. The molecule has 0 aliphatic carbocycles. The predicted molar refractivity (Wildman–Crippen MR) is 127 cm³/mol. The van der Waals surface area contributed by atoms with Crippen LogP contribution in [0.2, 0.25) is 0 Å². The highest BCUT2D eigenvalue weighted by atomic mass is 32.1. The maximum Gasteiger partial charge on any atom is 0.268 e. The van der Waals surface area contributed by atoms with E-state index in [1.54, 1.807) is 23.5 Å². The summed E-state index contributed by atoms with van der Waals surface area (Å²) in [6.07, 6.45) is -1.19. The third-order valence-electron chi connectivity index (χ3n) is 4.38. The van der Waals surface area contributed by atoms with Crippen molar-refractivity contribution in [3.05, 3.63) is 57.3 Å². The first-order valence-corrected chi connectivity index (χ1v) is 11.3. The van der Waals surface area contributed by atoms with E-state index in [0.29, 0.717) is 31.9 Å². The van der Waals surface area contributed by atoms with E-state index in [4.69, 9.17) is 15.1 Å². The third kappa shape index (κ3) is 9.33. The molecular weight excluding hydrogens is 458 g/mol. The molecule has 0 bridgehead atoms.